The van der Waals surface area contributed by atoms with Crippen LogP contribution in [0.3, 0.4) is 0 Å². The van der Waals surface area contributed by atoms with Crippen molar-refractivity contribution in [2.24, 2.45) is 7.05 Å². The fourth-order valence-corrected chi connectivity index (χ4v) is 7.47. The van der Waals surface area contributed by atoms with Crippen molar-refractivity contribution in [1.82, 2.24) is 19.4 Å². The zero-order chi connectivity index (χ0) is 38.6. The van der Waals surface area contributed by atoms with E-state index in [9.17, 15) is 23.9 Å². The van der Waals surface area contributed by atoms with Gasteiger partial charge in [-0.3, -0.25) is 19.3 Å². The average Bonchev–Trinajstić information content (AvgIpc) is 4.03. The molecule has 2 amide bonds. The molecule has 0 radical (unpaired) electrons. The number of amides is 2. The molecule has 3 aliphatic rings. The van der Waals surface area contributed by atoms with E-state index in [-0.39, 0.29) is 28.8 Å². The Kier molecular flexibility index (Phi) is 11.2. The van der Waals surface area contributed by atoms with Gasteiger partial charge in [-0.2, -0.15) is 0 Å². The third kappa shape index (κ3) is 8.39. The molecule has 0 spiro atoms. The van der Waals surface area contributed by atoms with Crippen molar-refractivity contribution in [3.8, 4) is 23.1 Å². The molecule has 0 unspecified atom stereocenters. The number of aliphatic hydroxyl groups excluding tert-OH is 1. The van der Waals surface area contributed by atoms with Gasteiger partial charge < -0.3 is 35.3 Å². The van der Waals surface area contributed by atoms with Crippen molar-refractivity contribution in [3.63, 3.8) is 0 Å². The first kappa shape index (κ1) is 37.7. The van der Waals surface area contributed by atoms with Crippen LogP contribution in [-0.4, -0.2) is 81.3 Å². The van der Waals surface area contributed by atoms with Crippen molar-refractivity contribution >= 4 is 40.5 Å². The number of aryl methyl sites for hydroxylation is 1. The predicted octanol–water partition coefficient (Wildman–Crippen LogP) is 5.00. The van der Waals surface area contributed by atoms with E-state index in [1.165, 1.54) is 29.1 Å². The van der Waals surface area contributed by atoms with Crippen LogP contribution in [0.15, 0.2) is 59.7 Å². The summed E-state index contributed by atoms with van der Waals surface area (Å²) in [5, 5.41) is 19.2. The van der Waals surface area contributed by atoms with E-state index in [0.717, 1.165) is 69.8 Å². The fourth-order valence-electron chi connectivity index (χ4n) is 7.47. The summed E-state index contributed by atoms with van der Waals surface area (Å²) in [4.78, 5) is 53.1. The number of nitrogens with zero attached hydrogens (tertiary/aromatic N) is 5. The van der Waals surface area contributed by atoms with E-state index >= 15 is 0 Å². The second kappa shape index (κ2) is 16.4. The van der Waals surface area contributed by atoms with Crippen LogP contribution in [0.25, 0.3) is 11.3 Å². The van der Waals surface area contributed by atoms with Crippen molar-refractivity contribution in [1.29, 1.82) is 0 Å². The molecule has 4 N–H and O–H groups in total. The number of aliphatic hydroxyl groups is 1. The zero-order valence-corrected chi connectivity index (χ0v) is 31.2. The first-order valence-corrected chi connectivity index (χ1v) is 18.6. The molecule has 1 aliphatic carbocycles. The molecule has 2 aliphatic heterocycles. The quantitative estimate of drug-likeness (QED) is 0.163. The smallest absolute Gasteiger partial charge is 0.300 e. The number of pyridine rings is 1. The number of anilines is 5. The Bertz CT molecular complexity index is 2220. The van der Waals surface area contributed by atoms with Crippen molar-refractivity contribution in [2.75, 3.05) is 53.7 Å². The number of carbonyl (C=O) groups is 2. The van der Waals surface area contributed by atoms with Gasteiger partial charge in [-0.1, -0.05) is 12.0 Å². The number of carbonyl (C=O) groups excluding carboxylic acids is 2. The topological polar surface area (TPSA) is 154 Å². The van der Waals surface area contributed by atoms with Crippen LogP contribution in [0.4, 0.5) is 33.1 Å². The normalized spacial score (nSPS) is 17.6. The molecule has 4 heterocycles. The Morgan fingerprint density at radius 2 is 1.84 bits per heavy atom. The van der Waals surface area contributed by atoms with Crippen molar-refractivity contribution in [3.05, 3.63) is 87.7 Å². The molecular formula is C41H45FN8O5. The highest BCUT2D eigenvalue weighted by Gasteiger charge is 2.31. The van der Waals surface area contributed by atoms with Gasteiger partial charge in [0.1, 0.15) is 11.6 Å². The van der Waals surface area contributed by atoms with Crippen LogP contribution in [0.5, 0.6) is 0 Å². The molecule has 286 valence electrons. The lowest BCUT2D eigenvalue weighted by atomic mass is 10.0. The summed E-state index contributed by atoms with van der Waals surface area (Å²) >= 11 is 0. The predicted molar refractivity (Wildman–Crippen MR) is 209 cm³/mol. The highest BCUT2D eigenvalue weighted by Crippen LogP contribution is 2.40. The SMILES string of the molecule is CC#CC(=O)Nc1cc(Nc2nc(-c3ccnc(NC(=O)c4ccc(C5CC5)cc4F)c3CO)cn(C)c2=O)ccc1N1CCN(C2CCOCC2)C[C@@H]1C. The van der Waals surface area contributed by atoms with E-state index in [4.69, 9.17) is 4.74 Å². The van der Waals surface area contributed by atoms with E-state index in [2.05, 4.69) is 54.5 Å². The molecule has 0 bridgehead atoms. The van der Waals surface area contributed by atoms with Crippen molar-refractivity contribution < 1.29 is 23.8 Å². The van der Waals surface area contributed by atoms with Crippen LogP contribution >= 0.6 is 0 Å². The summed E-state index contributed by atoms with van der Waals surface area (Å²) in [6.45, 7) is 7.33. The lowest BCUT2D eigenvalue weighted by molar-refractivity contribution is -0.111. The van der Waals surface area contributed by atoms with Crippen LogP contribution in [0.1, 0.15) is 66.9 Å². The van der Waals surface area contributed by atoms with E-state index in [1.807, 2.05) is 12.1 Å². The van der Waals surface area contributed by atoms with Gasteiger partial charge >= 0.3 is 0 Å². The first-order valence-electron chi connectivity index (χ1n) is 18.6. The minimum atomic E-state index is -0.707. The van der Waals surface area contributed by atoms with Crippen LogP contribution in [0.2, 0.25) is 0 Å². The first-order chi connectivity index (χ1) is 26.6. The summed E-state index contributed by atoms with van der Waals surface area (Å²) in [6, 6.07) is 12.4. The maximum atomic E-state index is 14.9. The number of benzene rings is 2. The second-order valence-electron chi connectivity index (χ2n) is 14.3. The zero-order valence-electron chi connectivity index (χ0n) is 31.2. The highest BCUT2D eigenvalue weighted by atomic mass is 19.1. The number of aromatic nitrogens is 3. The van der Waals surface area contributed by atoms with Gasteiger partial charge in [0.2, 0.25) is 0 Å². The second-order valence-corrected chi connectivity index (χ2v) is 14.3. The number of halogens is 1. The molecule has 2 aromatic heterocycles. The third-order valence-electron chi connectivity index (χ3n) is 10.5. The maximum absolute atomic E-state index is 14.9. The number of hydrogen-bond donors (Lipinski definition) is 4. The monoisotopic (exact) mass is 748 g/mol. The summed E-state index contributed by atoms with van der Waals surface area (Å²) < 4.78 is 21.9. The summed E-state index contributed by atoms with van der Waals surface area (Å²) in [7, 11) is 1.58. The van der Waals surface area contributed by atoms with Gasteiger partial charge in [0.25, 0.3) is 17.4 Å². The van der Waals surface area contributed by atoms with Gasteiger partial charge in [-0.25, -0.2) is 14.4 Å². The fraction of sp³-hybridized carbons (Fsp3) is 0.390. The number of hydrogen-bond acceptors (Lipinski definition) is 10. The largest absolute Gasteiger partial charge is 0.392 e. The lowest BCUT2D eigenvalue weighted by Gasteiger charge is -2.45. The molecule has 1 saturated carbocycles. The van der Waals surface area contributed by atoms with E-state index in [0.29, 0.717) is 34.6 Å². The van der Waals surface area contributed by atoms with Gasteiger partial charge in [0, 0.05) is 81.2 Å². The Balaban J connectivity index is 1.15. The summed E-state index contributed by atoms with van der Waals surface area (Å²) in [5.41, 5.74) is 3.13. The molecule has 2 aromatic carbocycles. The summed E-state index contributed by atoms with van der Waals surface area (Å²) in [6.07, 6.45) is 7.02. The molecule has 14 heteroatoms. The lowest BCUT2D eigenvalue weighted by Crippen LogP contribution is -2.56. The Hall–Kier alpha value is -5.62. The number of nitrogens with one attached hydrogen (secondary N) is 3. The molecule has 1 atom stereocenters. The Morgan fingerprint density at radius 1 is 1.04 bits per heavy atom. The average molecular weight is 749 g/mol. The summed E-state index contributed by atoms with van der Waals surface area (Å²) in [5.74, 6) is 3.76. The van der Waals surface area contributed by atoms with Crippen LogP contribution < -0.4 is 26.4 Å². The van der Waals surface area contributed by atoms with E-state index in [1.54, 1.807) is 32.2 Å². The highest BCUT2D eigenvalue weighted by molar-refractivity contribution is 6.06. The van der Waals surface area contributed by atoms with Gasteiger partial charge in [0.05, 0.1) is 29.2 Å². The minimum absolute atomic E-state index is 0.0130. The number of ether oxygens (including phenoxy) is 1. The molecule has 55 heavy (non-hydrogen) atoms. The molecule has 2 saturated heterocycles. The van der Waals surface area contributed by atoms with Crippen molar-refractivity contribution in [2.45, 2.75) is 64.1 Å². The van der Waals surface area contributed by atoms with Gasteiger partial charge in [-0.15, -0.1) is 0 Å². The molecule has 13 nitrogen and oxygen atoms in total. The third-order valence-corrected chi connectivity index (χ3v) is 10.5. The standard InChI is InChI=1S/C41H45FN8O5/c1-4-5-37(52)45-34-21-28(9-11-36(34)50-17-16-49(22-25(50)2)29-13-18-55-19-14-29)44-39-41(54)48(3)23-35(46-39)30-12-15-43-38(32(30)24-51)47-40(53)31-10-8-27(20-33(31)42)26-6-7-26/h8-12,15,20-21,23,25-26,29,51H,6-7,13-14,16-19,22,24H2,1-3H3,(H,44,46)(H,45,52)(H,43,47,53)/t25-/m0/s1. The maximum Gasteiger partial charge on any atom is 0.300 e. The van der Waals surface area contributed by atoms with Gasteiger partial charge in [-0.05, 0) is 93.3 Å². The van der Waals surface area contributed by atoms with Crippen LogP contribution in [0, 0.1) is 17.7 Å². The molecular weight excluding hydrogens is 703 g/mol. The molecule has 4 aromatic rings. The minimum Gasteiger partial charge on any atom is -0.392 e. The van der Waals surface area contributed by atoms with E-state index < -0.39 is 29.8 Å². The molecule has 3 fully saturated rings. The Labute approximate surface area is 318 Å². The number of piperazine rings is 1. The Morgan fingerprint density at radius 3 is 2.55 bits per heavy atom. The van der Waals surface area contributed by atoms with Gasteiger partial charge in [0.15, 0.2) is 5.82 Å². The van der Waals surface area contributed by atoms with Crippen LogP contribution in [-0.2, 0) is 23.2 Å². The molecule has 7 rings (SSSR count). The number of rotatable bonds is 10.